The van der Waals surface area contributed by atoms with Crippen LogP contribution in [0.5, 0.6) is 0 Å². The molecule has 0 spiro atoms. The molecule has 2 aliphatic heterocycles. The third kappa shape index (κ3) is 2.96. The summed E-state index contributed by atoms with van der Waals surface area (Å²) in [5.41, 5.74) is 5.94. The Kier molecular flexibility index (Phi) is 4.23. The summed E-state index contributed by atoms with van der Waals surface area (Å²) >= 11 is 0. The molecule has 6 nitrogen and oxygen atoms in total. The number of aromatic nitrogens is 2. The van der Waals surface area contributed by atoms with Crippen molar-refractivity contribution in [3.8, 4) is 0 Å². The van der Waals surface area contributed by atoms with E-state index in [-0.39, 0.29) is 30.1 Å². The zero-order chi connectivity index (χ0) is 23.2. The SMILES string of the molecule is CC1(C)OCC(C2c3[nH]c4ccccc4c3C(c3c[nH]c4ccccc34)C3OC(C)(C)OC32)O1. The van der Waals surface area contributed by atoms with Gasteiger partial charge in [-0.2, -0.15) is 0 Å². The number of aromatic amines is 2. The molecule has 2 aromatic heterocycles. The van der Waals surface area contributed by atoms with Gasteiger partial charge in [-0.25, -0.2) is 0 Å². The standard InChI is InChI=1S/C28H30N2O4/c1-27(2)31-14-20(32-27)23-24-21(16-10-6-8-12-19(16)30-24)22(25-26(23)34-28(3,4)33-25)17-13-29-18-11-7-5-9-15(17)18/h5-13,20,22-23,25-26,29-30H,14H2,1-4H3. The molecule has 2 fully saturated rings. The van der Waals surface area contributed by atoms with Crippen molar-refractivity contribution >= 4 is 21.8 Å². The predicted octanol–water partition coefficient (Wildman–Crippen LogP) is 5.55. The van der Waals surface area contributed by atoms with Gasteiger partial charge in [0, 0.05) is 39.6 Å². The van der Waals surface area contributed by atoms with Crippen molar-refractivity contribution in [1.82, 2.24) is 9.97 Å². The van der Waals surface area contributed by atoms with E-state index in [9.17, 15) is 0 Å². The molecule has 1 aliphatic carbocycles. The summed E-state index contributed by atoms with van der Waals surface area (Å²) in [6.45, 7) is 8.50. The minimum absolute atomic E-state index is 0.0145. The van der Waals surface area contributed by atoms with E-state index >= 15 is 0 Å². The van der Waals surface area contributed by atoms with E-state index in [1.165, 1.54) is 27.6 Å². The second-order valence-electron chi connectivity index (χ2n) is 10.7. The fourth-order valence-corrected chi connectivity index (χ4v) is 6.44. The second-order valence-corrected chi connectivity index (χ2v) is 10.7. The highest BCUT2D eigenvalue weighted by Gasteiger charge is 2.58. The summed E-state index contributed by atoms with van der Waals surface area (Å²) < 4.78 is 25.8. The molecule has 34 heavy (non-hydrogen) atoms. The normalized spacial score (nSPS) is 31.7. The molecule has 7 rings (SSSR count). The maximum Gasteiger partial charge on any atom is 0.163 e. The Bertz CT molecular complexity index is 1400. The number of para-hydroxylation sites is 2. The molecule has 0 amide bonds. The van der Waals surface area contributed by atoms with Gasteiger partial charge < -0.3 is 28.9 Å². The molecular weight excluding hydrogens is 428 g/mol. The molecule has 0 saturated carbocycles. The van der Waals surface area contributed by atoms with E-state index in [0.717, 1.165) is 11.0 Å². The van der Waals surface area contributed by atoms with E-state index in [4.69, 9.17) is 18.9 Å². The van der Waals surface area contributed by atoms with Crippen LogP contribution in [0.4, 0.5) is 0 Å². The number of rotatable bonds is 2. The maximum atomic E-state index is 6.71. The number of hydrogen-bond acceptors (Lipinski definition) is 4. The largest absolute Gasteiger partial charge is 0.361 e. The van der Waals surface area contributed by atoms with Gasteiger partial charge in [-0.1, -0.05) is 36.4 Å². The quantitative estimate of drug-likeness (QED) is 0.413. The van der Waals surface area contributed by atoms with Crippen molar-refractivity contribution in [1.29, 1.82) is 0 Å². The lowest BCUT2D eigenvalue weighted by molar-refractivity contribution is -0.159. The Morgan fingerprint density at radius 1 is 0.794 bits per heavy atom. The van der Waals surface area contributed by atoms with Crippen LogP contribution in [-0.4, -0.2) is 46.5 Å². The third-order valence-corrected chi connectivity index (χ3v) is 7.65. The number of fused-ring (bicyclic) bond motifs is 5. The van der Waals surface area contributed by atoms with E-state index in [1.807, 2.05) is 27.7 Å². The Hall–Kier alpha value is -2.64. The van der Waals surface area contributed by atoms with Gasteiger partial charge in [0.1, 0.15) is 0 Å². The molecule has 6 heteroatoms. The van der Waals surface area contributed by atoms with Gasteiger partial charge >= 0.3 is 0 Å². The van der Waals surface area contributed by atoms with Crippen molar-refractivity contribution in [2.75, 3.05) is 6.61 Å². The van der Waals surface area contributed by atoms with Crippen molar-refractivity contribution in [3.05, 3.63) is 71.5 Å². The Morgan fingerprint density at radius 2 is 1.50 bits per heavy atom. The van der Waals surface area contributed by atoms with Gasteiger partial charge in [0.15, 0.2) is 11.6 Å². The van der Waals surface area contributed by atoms with Crippen LogP contribution in [0.25, 0.3) is 21.8 Å². The first kappa shape index (κ1) is 20.7. The highest BCUT2D eigenvalue weighted by Crippen LogP contribution is 2.55. The number of ether oxygens (including phenoxy) is 4. The zero-order valence-corrected chi connectivity index (χ0v) is 19.9. The molecular formula is C28H30N2O4. The van der Waals surface area contributed by atoms with E-state index in [1.54, 1.807) is 0 Å². The average molecular weight is 459 g/mol. The first-order chi connectivity index (χ1) is 16.3. The molecule has 4 heterocycles. The lowest BCUT2D eigenvalue weighted by atomic mass is 9.71. The fourth-order valence-electron chi connectivity index (χ4n) is 6.44. The molecule has 2 N–H and O–H groups in total. The number of H-pyrrole nitrogens is 2. The molecule has 5 atom stereocenters. The third-order valence-electron chi connectivity index (χ3n) is 7.65. The first-order valence-electron chi connectivity index (χ1n) is 12.2. The second kappa shape index (κ2) is 6.95. The molecule has 3 aliphatic rings. The van der Waals surface area contributed by atoms with Crippen LogP contribution in [0, 0.1) is 0 Å². The van der Waals surface area contributed by atoms with Crippen molar-refractivity contribution in [3.63, 3.8) is 0 Å². The molecule has 176 valence electrons. The van der Waals surface area contributed by atoms with E-state index < -0.39 is 11.6 Å². The van der Waals surface area contributed by atoms with Crippen LogP contribution in [-0.2, 0) is 18.9 Å². The minimum atomic E-state index is -0.688. The first-order valence-corrected chi connectivity index (χ1v) is 12.2. The van der Waals surface area contributed by atoms with Crippen molar-refractivity contribution in [2.45, 2.75) is 69.4 Å². The van der Waals surface area contributed by atoms with Crippen LogP contribution in [0.1, 0.15) is 56.4 Å². The highest BCUT2D eigenvalue weighted by atomic mass is 16.8. The maximum absolute atomic E-state index is 6.71. The Labute approximate surface area is 198 Å². The van der Waals surface area contributed by atoms with Crippen molar-refractivity contribution in [2.24, 2.45) is 0 Å². The molecule has 0 radical (unpaired) electrons. The molecule has 2 aromatic carbocycles. The van der Waals surface area contributed by atoms with Crippen LogP contribution in [0.3, 0.4) is 0 Å². The lowest BCUT2D eigenvalue weighted by Gasteiger charge is -2.39. The topological polar surface area (TPSA) is 68.5 Å². The van der Waals surface area contributed by atoms with Gasteiger partial charge in [0.05, 0.1) is 30.8 Å². The summed E-state index contributed by atoms with van der Waals surface area (Å²) in [6, 6.07) is 17.0. The average Bonchev–Trinajstić information content (AvgIpc) is 3.54. The highest BCUT2D eigenvalue weighted by molar-refractivity contribution is 5.90. The lowest BCUT2D eigenvalue weighted by Crippen LogP contribution is -2.45. The van der Waals surface area contributed by atoms with Crippen LogP contribution in [0.2, 0.25) is 0 Å². The fraction of sp³-hybridized carbons (Fsp3) is 0.429. The molecule has 0 bridgehead atoms. The smallest absolute Gasteiger partial charge is 0.163 e. The number of hydrogen-bond donors (Lipinski definition) is 2. The summed E-state index contributed by atoms with van der Waals surface area (Å²) in [5, 5.41) is 2.44. The van der Waals surface area contributed by atoms with Gasteiger partial charge in [0.25, 0.3) is 0 Å². The summed E-state index contributed by atoms with van der Waals surface area (Å²) in [7, 11) is 0. The minimum Gasteiger partial charge on any atom is -0.361 e. The monoisotopic (exact) mass is 458 g/mol. The van der Waals surface area contributed by atoms with Gasteiger partial charge in [-0.15, -0.1) is 0 Å². The van der Waals surface area contributed by atoms with E-state index in [2.05, 4.69) is 64.7 Å². The zero-order valence-electron chi connectivity index (χ0n) is 19.9. The Balaban J connectivity index is 1.49. The molecule has 4 aromatic rings. The number of nitrogens with one attached hydrogen (secondary N) is 2. The molecule has 5 unspecified atom stereocenters. The van der Waals surface area contributed by atoms with Crippen LogP contribution >= 0.6 is 0 Å². The van der Waals surface area contributed by atoms with Gasteiger partial charge in [-0.3, -0.25) is 0 Å². The Morgan fingerprint density at radius 3 is 2.26 bits per heavy atom. The van der Waals surface area contributed by atoms with Crippen molar-refractivity contribution < 1.29 is 18.9 Å². The summed E-state index contributed by atoms with van der Waals surface area (Å²) in [4.78, 5) is 7.25. The molecule has 2 saturated heterocycles. The van der Waals surface area contributed by atoms with Crippen LogP contribution < -0.4 is 0 Å². The van der Waals surface area contributed by atoms with Gasteiger partial charge in [-0.05, 0) is 51.0 Å². The predicted molar refractivity (Wildman–Crippen MR) is 130 cm³/mol. The van der Waals surface area contributed by atoms with Crippen LogP contribution in [0.15, 0.2) is 54.7 Å². The summed E-state index contributed by atoms with van der Waals surface area (Å²) in [5.74, 6) is -1.32. The summed E-state index contributed by atoms with van der Waals surface area (Å²) in [6.07, 6.45) is 1.69. The van der Waals surface area contributed by atoms with Gasteiger partial charge in [0.2, 0.25) is 0 Å². The number of benzene rings is 2. The van der Waals surface area contributed by atoms with E-state index in [0.29, 0.717) is 6.61 Å².